The Labute approximate surface area is 161 Å². The molecular formula is C18H22N6O4. The molecule has 4 heterocycles. The molecular weight excluding hydrogens is 364 g/mol. The number of cyclic esters (lactones) is 1. The van der Waals surface area contributed by atoms with Crippen molar-refractivity contribution in [3.8, 4) is 17.9 Å². The summed E-state index contributed by atoms with van der Waals surface area (Å²) in [7, 11) is 1.57. The predicted molar refractivity (Wildman–Crippen MR) is 101 cm³/mol. The zero-order chi connectivity index (χ0) is 19.7. The fraction of sp³-hybridized carbons (Fsp3) is 0.556. The van der Waals surface area contributed by atoms with Gasteiger partial charge in [0.05, 0.1) is 13.2 Å². The molecule has 0 radical (unpaired) electrons. The fourth-order valence-corrected chi connectivity index (χ4v) is 3.36. The van der Waals surface area contributed by atoms with Crippen LogP contribution in [0.3, 0.4) is 0 Å². The van der Waals surface area contributed by atoms with Gasteiger partial charge in [0, 0.05) is 39.6 Å². The Morgan fingerprint density at radius 1 is 1.29 bits per heavy atom. The number of fused-ring (bicyclic) bond motifs is 1. The summed E-state index contributed by atoms with van der Waals surface area (Å²) in [5.74, 6) is 6.10. The number of nitrogens with one attached hydrogen (secondary N) is 1. The van der Waals surface area contributed by atoms with E-state index in [0.717, 1.165) is 26.2 Å². The average Bonchev–Trinajstić information content (AvgIpc) is 3.28. The van der Waals surface area contributed by atoms with Gasteiger partial charge in [0.15, 0.2) is 11.2 Å². The standard InChI is InChI=1S/C18H22N6O4/c1-3-4-8-24-13-14(20-17(24)23-9-6-19-7-10-23)21-18(22(2)15(13)25)28-12-5-11-27-16(12)26/h12,19H,5-11H2,1-2H3. The number of esters is 1. The molecule has 0 spiro atoms. The first kappa shape index (κ1) is 18.3. The molecule has 0 aliphatic carbocycles. The summed E-state index contributed by atoms with van der Waals surface area (Å²) < 4.78 is 13.7. The van der Waals surface area contributed by atoms with Gasteiger partial charge < -0.3 is 19.7 Å². The van der Waals surface area contributed by atoms with E-state index in [2.05, 4.69) is 32.0 Å². The number of hydrogen-bond donors (Lipinski definition) is 1. The minimum absolute atomic E-state index is 0.0550. The van der Waals surface area contributed by atoms with E-state index < -0.39 is 12.1 Å². The Bertz CT molecular complexity index is 1020. The zero-order valence-corrected chi connectivity index (χ0v) is 15.9. The Balaban J connectivity index is 1.81. The molecule has 2 aliphatic rings. The highest BCUT2D eigenvalue weighted by molar-refractivity contribution is 5.77. The van der Waals surface area contributed by atoms with Crippen LogP contribution in [0.2, 0.25) is 0 Å². The van der Waals surface area contributed by atoms with Gasteiger partial charge in [0.1, 0.15) is 0 Å². The molecule has 10 nitrogen and oxygen atoms in total. The molecule has 2 aliphatic heterocycles. The first-order valence-electron chi connectivity index (χ1n) is 9.26. The number of anilines is 1. The van der Waals surface area contributed by atoms with E-state index in [1.807, 2.05) is 0 Å². The number of carbonyl (C=O) groups is 1. The Hall–Kier alpha value is -3.06. The maximum atomic E-state index is 13.1. The Morgan fingerprint density at radius 2 is 2.07 bits per heavy atom. The van der Waals surface area contributed by atoms with Crippen molar-refractivity contribution in [2.75, 3.05) is 37.7 Å². The van der Waals surface area contributed by atoms with Gasteiger partial charge in [-0.15, -0.1) is 5.92 Å². The minimum atomic E-state index is -0.753. The second-order valence-electron chi connectivity index (χ2n) is 6.66. The van der Waals surface area contributed by atoms with Gasteiger partial charge in [-0.2, -0.15) is 9.97 Å². The van der Waals surface area contributed by atoms with Gasteiger partial charge in [-0.3, -0.25) is 13.9 Å². The average molecular weight is 386 g/mol. The third-order valence-electron chi connectivity index (χ3n) is 4.87. The lowest BCUT2D eigenvalue weighted by Gasteiger charge is -2.28. The maximum absolute atomic E-state index is 13.1. The van der Waals surface area contributed by atoms with Crippen LogP contribution in [0.4, 0.5) is 5.95 Å². The van der Waals surface area contributed by atoms with Crippen molar-refractivity contribution in [3.63, 3.8) is 0 Å². The molecule has 0 saturated carbocycles. The van der Waals surface area contributed by atoms with Gasteiger partial charge in [-0.05, 0) is 6.92 Å². The van der Waals surface area contributed by atoms with E-state index in [1.165, 1.54) is 4.57 Å². The van der Waals surface area contributed by atoms with Crippen LogP contribution in [0.5, 0.6) is 6.01 Å². The molecule has 2 saturated heterocycles. The van der Waals surface area contributed by atoms with Crippen LogP contribution in [0.1, 0.15) is 13.3 Å². The molecule has 1 atom stereocenters. The lowest BCUT2D eigenvalue weighted by molar-refractivity contribution is -0.143. The first-order valence-corrected chi connectivity index (χ1v) is 9.26. The second kappa shape index (κ2) is 7.52. The molecule has 1 N–H and O–H groups in total. The number of imidazole rings is 1. The Kier molecular flexibility index (Phi) is 4.92. The van der Waals surface area contributed by atoms with Crippen LogP contribution >= 0.6 is 0 Å². The molecule has 4 rings (SSSR count). The molecule has 2 fully saturated rings. The van der Waals surface area contributed by atoms with E-state index in [9.17, 15) is 9.59 Å². The molecule has 2 aromatic rings. The lowest BCUT2D eigenvalue weighted by Crippen LogP contribution is -2.44. The molecule has 148 valence electrons. The summed E-state index contributed by atoms with van der Waals surface area (Å²) in [6, 6.07) is 0.0550. The number of hydrogen-bond acceptors (Lipinski definition) is 8. The molecule has 2 aromatic heterocycles. The third kappa shape index (κ3) is 3.18. The molecule has 0 amide bonds. The van der Waals surface area contributed by atoms with Crippen LogP contribution in [-0.2, 0) is 23.1 Å². The number of ether oxygens (including phenoxy) is 2. The fourth-order valence-electron chi connectivity index (χ4n) is 3.36. The molecule has 10 heteroatoms. The minimum Gasteiger partial charge on any atom is -0.463 e. The van der Waals surface area contributed by atoms with Crippen molar-refractivity contribution in [1.29, 1.82) is 0 Å². The molecule has 0 bridgehead atoms. The van der Waals surface area contributed by atoms with E-state index in [0.29, 0.717) is 31.0 Å². The van der Waals surface area contributed by atoms with E-state index in [-0.39, 0.29) is 17.2 Å². The first-order chi connectivity index (χ1) is 13.6. The summed E-state index contributed by atoms with van der Waals surface area (Å²) in [5.41, 5.74) is 0.370. The van der Waals surface area contributed by atoms with Crippen molar-refractivity contribution < 1.29 is 14.3 Å². The predicted octanol–water partition coefficient (Wildman–Crippen LogP) is -0.743. The second-order valence-corrected chi connectivity index (χ2v) is 6.66. The van der Waals surface area contributed by atoms with E-state index in [1.54, 1.807) is 18.5 Å². The summed E-state index contributed by atoms with van der Waals surface area (Å²) in [6.45, 7) is 5.64. The highest BCUT2D eigenvalue weighted by atomic mass is 16.6. The van der Waals surface area contributed by atoms with E-state index >= 15 is 0 Å². The quantitative estimate of drug-likeness (QED) is 0.541. The molecule has 28 heavy (non-hydrogen) atoms. The number of aromatic nitrogens is 4. The summed E-state index contributed by atoms with van der Waals surface area (Å²) in [5, 5.41) is 3.30. The van der Waals surface area contributed by atoms with Gasteiger partial charge in [0.2, 0.25) is 12.1 Å². The van der Waals surface area contributed by atoms with Crippen LogP contribution in [0, 0.1) is 11.8 Å². The van der Waals surface area contributed by atoms with Crippen molar-refractivity contribution >= 4 is 23.1 Å². The van der Waals surface area contributed by atoms with Gasteiger partial charge in [-0.1, -0.05) is 5.92 Å². The van der Waals surface area contributed by atoms with E-state index in [4.69, 9.17) is 9.47 Å². The number of rotatable bonds is 4. The smallest absolute Gasteiger partial charge is 0.347 e. The van der Waals surface area contributed by atoms with Crippen LogP contribution in [0.25, 0.3) is 11.2 Å². The van der Waals surface area contributed by atoms with Crippen LogP contribution in [0.15, 0.2) is 4.79 Å². The van der Waals surface area contributed by atoms with Crippen LogP contribution in [-0.4, -0.2) is 64.0 Å². The normalized spacial score (nSPS) is 19.4. The van der Waals surface area contributed by atoms with Crippen molar-refractivity contribution in [1.82, 2.24) is 24.4 Å². The third-order valence-corrected chi connectivity index (χ3v) is 4.87. The SMILES string of the molecule is CC#CCn1c(N2CCNCC2)nc2nc(OC3CCOC3=O)n(C)c(=O)c21. The van der Waals surface area contributed by atoms with Gasteiger partial charge >= 0.3 is 12.0 Å². The highest BCUT2D eigenvalue weighted by Gasteiger charge is 2.31. The number of nitrogens with zero attached hydrogens (tertiary/aromatic N) is 5. The topological polar surface area (TPSA) is 104 Å². The van der Waals surface area contributed by atoms with Crippen molar-refractivity contribution in [2.24, 2.45) is 7.05 Å². The lowest BCUT2D eigenvalue weighted by atomic mass is 10.3. The van der Waals surface area contributed by atoms with Crippen LogP contribution < -0.4 is 20.5 Å². The number of piperazine rings is 1. The molecule has 1 unspecified atom stereocenters. The van der Waals surface area contributed by atoms with Crippen molar-refractivity contribution in [2.45, 2.75) is 26.0 Å². The number of carbonyl (C=O) groups excluding carboxylic acids is 1. The Morgan fingerprint density at radius 3 is 2.75 bits per heavy atom. The van der Waals surface area contributed by atoms with Gasteiger partial charge in [0.25, 0.3) is 5.56 Å². The highest BCUT2D eigenvalue weighted by Crippen LogP contribution is 2.22. The van der Waals surface area contributed by atoms with Crippen molar-refractivity contribution in [3.05, 3.63) is 10.4 Å². The summed E-state index contributed by atoms with van der Waals surface area (Å²) in [4.78, 5) is 35.9. The monoisotopic (exact) mass is 386 g/mol. The maximum Gasteiger partial charge on any atom is 0.347 e. The van der Waals surface area contributed by atoms with Gasteiger partial charge in [-0.25, -0.2) is 4.79 Å². The largest absolute Gasteiger partial charge is 0.463 e. The molecule has 0 aromatic carbocycles. The summed E-state index contributed by atoms with van der Waals surface area (Å²) in [6.07, 6.45) is -0.324. The zero-order valence-electron chi connectivity index (χ0n) is 15.9. The summed E-state index contributed by atoms with van der Waals surface area (Å²) >= 11 is 0.